The zero-order valence-corrected chi connectivity index (χ0v) is 61.0. The number of benzene rings is 8. The van der Waals surface area contributed by atoms with Gasteiger partial charge in [-0.2, -0.15) is 0 Å². The summed E-state index contributed by atoms with van der Waals surface area (Å²) >= 11 is 0. The van der Waals surface area contributed by atoms with Crippen LogP contribution in [0.15, 0.2) is 212 Å². The largest absolute Gasteiger partial charge is 0.375 e. The smallest absolute Gasteiger partial charge is 0.251 e. The van der Waals surface area contributed by atoms with Crippen molar-refractivity contribution in [1.29, 1.82) is 0 Å². The Labute approximate surface area is 604 Å². The number of fused-ring (bicyclic) bond motifs is 3. The molecule has 14 heteroatoms. The van der Waals surface area contributed by atoms with Gasteiger partial charge in [0.15, 0.2) is 23.1 Å². The second-order valence-corrected chi connectivity index (χ2v) is 27.4. The minimum absolute atomic E-state index is 0.00222. The Kier molecular flexibility index (Phi) is 32.8. The molecule has 1 amide bonds. The van der Waals surface area contributed by atoms with Crippen LogP contribution in [0.5, 0.6) is 0 Å². The first-order valence-corrected chi connectivity index (χ1v) is 36.3. The molecule has 8 aromatic rings. The molecule has 0 radical (unpaired) electrons. The van der Waals surface area contributed by atoms with E-state index >= 15 is 0 Å². The Morgan fingerprint density at radius 3 is 1.22 bits per heavy atom. The van der Waals surface area contributed by atoms with E-state index in [2.05, 4.69) is 62.1 Å². The van der Waals surface area contributed by atoms with Crippen LogP contribution in [0.1, 0.15) is 174 Å². The molecule has 8 aromatic carbocycles. The second kappa shape index (κ2) is 42.0. The van der Waals surface area contributed by atoms with Crippen molar-refractivity contribution in [3.05, 3.63) is 251 Å². The fraction of sp³-hybridized carbons (Fsp3) is 0.375. The van der Waals surface area contributed by atoms with Crippen LogP contribution in [0, 0.1) is 11.8 Å². The van der Waals surface area contributed by atoms with Gasteiger partial charge in [-0.15, -0.1) is 0 Å². The predicted octanol–water partition coefficient (Wildman–Crippen LogP) is 16.2. The summed E-state index contributed by atoms with van der Waals surface area (Å²) in [5.41, 5.74) is 9.74. The van der Waals surface area contributed by atoms with E-state index in [9.17, 15) is 43.2 Å². The van der Waals surface area contributed by atoms with Crippen LogP contribution >= 0.6 is 0 Å². The van der Waals surface area contributed by atoms with Crippen molar-refractivity contribution < 1.29 is 43.2 Å². The monoisotopic (exact) mass is 1380 g/mol. The van der Waals surface area contributed by atoms with Crippen molar-refractivity contribution in [1.82, 2.24) is 15.1 Å². The Balaban J connectivity index is 0.000000165. The summed E-state index contributed by atoms with van der Waals surface area (Å²) in [5.74, 6) is 3.25. The molecule has 3 N–H and O–H groups in total. The van der Waals surface area contributed by atoms with Crippen molar-refractivity contribution in [2.45, 2.75) is 162 Å². The molecule has 2 aliphatic carbocycles. The van der Waals surface area contributed by atoms with E-state index in [-0.39, 0.29) is 41.1 Å². The van der Waals surface area contributed by atoms with Gasteiger partial charge in [0.05, 0.1) is 18.1 Å². The van der Waals surface area contributed by atoms with Crippen LogP contribution in [0.3, 0.4) is 0 Å². The van der Waals surface area contributed by atoms with Gasteiger partial charge in [0.2, 0.25) is 0 Å². The first-order chi connectivity index (χ1) is 49.1. The van der Waals surface area contributed by atoms with Gasteiger partial charge in [-0.05, 0) is 201 Å². The standard InChI is InChI=1S/C17H17NO2.C12H10O.2C11H12O.2C10H11NO.C9H17NO.C8H15NO/c1-13(19)16(12-14-8-4-2-5-9-14)18-17(20)15-10-6-3-7-11-15;1-9(13)11-8-4-6-10-5-2-3-7-12(10)11;2*1-8(12)10-7-11(10)9-5-3-2-4-6-9;2*1-7(12)10-6-8-4-2-3-5-9(8)11-10;1-9(11)5-8-10-6-3-2-4-7-10;1-8(10)4-7-9-5-2-3-6-9/h2-11,16H,12H2,1H3,(H,18,20);2-8H,1H3;2*2-6,10-11H,7H2,1H3;2*2-5,10-11H,6H2,1H3;2-8H2,1H3;2-7H2,1H3/t16-;;10-,11?;10-,11+;10-;;;/m0.111.../s1. The van der Waals surface area contributed by atoms with E-state index < -0.39 is 6.04 Å². The van der Waals surface area contributed by atoms with E-state index in [1.54, 1.807) is 72.7 Å². The van der Waals surface area contributed by atoms with Gasteiger partial charge in [0.25, 0.3) is 5.91 Å². The lowest BCUT2D eigenvalue weighted by Crippen LogP contribution is -2.41. The minimum Gasteiger partial charge on any atom is -0.375 e. The maximum absolute atomic E-state index is 12.1. The number of para-hydroxylation sites is 2. The third kappa shape index (κ3) is 27.4. The molecular weight excluding hydrogens is 1270 g/mol. The molecular formula is C88H105N5O9. The number of nitrogens with zero attached hydrogens (tertiary/aromatic N) is 2. The number of anilines is 2. The van der Waals surface area contributed by atoms with Crippen LogP contribution in [0.2, 0.25) is 0 Å². The number of nitrogens with one attached hydrogen (secondary N) is 3. The molecule has 0 bridgehead atoms. The number of likely N-dealkylation sites (tertiary alicyclic amines) is 2. The maximum atomic E-state index is 12.1. The SMILES string of the molecule is CC(=O)C1Cc2ccccc2N1.CC(=O)CCN1CCCC1.CC(=O)CCN1CCCCC1.CC(=O)[C@H](Cc1ccccc1)NC(=O)c1ccccc1.CC(=O)[C@H]1CC1c1ccccc1.CC(=O)[C@H]1C[C@H]1c1ccccc1.CC(=O)[C@H]1Cc2ccccc2N1.CC(=O)c1cccc2ccccc12. The molecule has 536 valence electrons. The molecule has 2 saturated heterocycles. The number of rotatable bonds is 18. The number of piperidine rings is 1. The number of hydrogen-bond donors (Lipinski definition) is 3. The van der Waals surface area contributed by atoms with Gasteiger partial charge < -0.3 is 25.8 Å². The van der Waals surface area contributed by atoms with Crippen molar-refractivity contribution >= 4 is 74.3 Å². The fourth-order valence-corrected chi connectivity index (χ4v) is 12.8. The average Bonchev–Trinajstić information content (AvgIpc) is 1.60. The summed E-state index contributed by atoms with van der Waals surface area (Å²) in [6, 6.07) is 68.5. The quantitative estimate of drug-likeness (QED) is 0.0687. The highest BCUT2D eigenvalue weighted by molar-refractivity contribution is 6.07. The van der Waals surface area contributed by atoms with Gasteiger partial charge in [-0.25, -0.2) is 0 Å². The molecule has 102 heavy (non-hydrogen) atoms. The van der Waals surface area contributed by atoms with Crippen LogP contribution in [0.4, 0.5) is 11.4 Å². The number of Topliss-reactive ketones (excluding diaryl/α,β-unsaturated/α-hetero) is 8. The first-order valence-electron chi connectivity index (χ1n) is 36.3. The Bertz CT molecular complexity index is 3820. The van der Waals surface area contributed by atoms with Crippen molar-refractivity contribution in [3.63, 3.8) is 0 Å². The highest BCUT2D eigenvalue weighted by atomic mass is 16.2. The normalized spacial score (nSPS) is 18.7. The molecule has 2 unspecified atom stereocenters. The Morgan fingerprint density at radius 2 is 0.814 bits per heavy atom. The van der Waals surface area contributed by atoms with Crippen molar-refractivity contribution in [2.75, 3.05) is 49.9 Å². The average molecular weight is 1380 g/mol. The van der Waals surface area contributed by atoms with E-state index in [1.165, 1.54) is 87.5 Å². The number of hydrogen-bond acceptors (Lipinski definition) is 13. The molecule has 0 aromatic heterocycles. The number of ketones is 8. The van der Waals surface area contributed by atoms with Gasteiger partial charge in [-0.1, -0.05) is 194 Å². The lowest BCUT2D eigenvalue weighted by atomic mass is 10.0. The summed E-state index contributed by atoms with van der Waals surface area (Å²) in [6.07, 6.45) is 12.4. The van der Waals surface area contributed by atoms with Crippen LogP contribution in [0.25, 0.3) is 10.8 Å². The zero-order valence-electron chi connectivity index (χ0n) is 61.0. The highest BCUT2D eigenvalue weighted by Gasteiger charge is 2.42. The third-order valence-corrected chi connectivity index (χ3v) is 19.1. The van der Waals surface area contributed by atoms with E-state index in [0.29, 0.717) is 58.8 Å². The minimum atomic E-state index is -0.495. The summed E-state index contributed by atoms with van der Waals surface area (Å²) in [7, 11) is 0. The van der Waals surface area contributed by atoms with Gasteiger partial charge in [0, 0.05) is 73.1 Å². The molecule has 7 atom stereocenters. The van der Waals surface area contributed by atoms with Crippen LogP contribution in [-0.2, 0) is 52.8 Å². The molecule has 0 spiro atoms. The van der Waals surface area contributed by atoms with Gasteiger partial charge in [-0.3, -0.25) is 43.2 Å². The molecule has 4 fully saturated rings. The Morgan fingerprint density at radius 1 is 0.422 bits per heavy atom. The third-order valence-electron chi connectivity index (χ3n) is 19.1. The van der Waals surface area contributed by atoms with Gasteiger partial charge >= 0.3 is 0 Å². The summed E-state index contributed by atoms with van der Waals surface area (Å²) < 4.78 is 0. The lowest BCUT2D eigenvalue weighted by Gasteiger charge is -2.25. The molecule has 14 nitrogen and oxygen atoms in total. The van der Waals surface area contributed by atoms with E-state index in [4.69, 9.17) is 0 Å². The molecule has 14 rings (SSSR count). The van der Waals surface area contributed by atoms with Gasteiger partial charge in [0.1, 0.15) is 23.1 Å². The van der Waals surface area contributed by atoms with E-state index in [0.717, 1.165) is 84.9 Å². The maximum Gasteiger partial charge on any atom is 0.251 e. The fourth-order valence-electron chi connectivity index (χ4n) is 12.8. The zero-order chi connectivity index (χ0) is 73.3. The summed E-state index contributed by atoms with van der Waals surface area (Å²) in [5, 5.41) is 11.3. The molecule has 4 heterocycles. The molecule has 6 aliphatic rings. The first kappa shape index (κ1) is 79.7. The lowest BCUT2D eigenvalue weighted by molar-refractivity contribution is -0.119. The highest BCUT2D eigenvalue weighted by Crippen LogP contribution is 2.48. The van der Waals surface area contributed by atoms with Crippen molar-refractivity contribution in [2.24, 2.45) is 11.8 Å². The van der Waals surface area contributed by atoms with Crippen LogP contribution in [-0.4, -0.2) is 119 Å². The number of carbonyl (C=O) groups excluding carboxylic acids is 9. The number of amides is 1. The Hall–Kier alpha value is -9.63. The van der Waals surface area contributed by atoms with E-state index in [1.807, 2.05) is 152 Å². The second-order valence-electron chi connectivity index (χ2n) is 27.4. The van der Waals surface area contributed by atoms with Crippen molar-refractivity contribution in [3.8, 4) is 0 Å². The molecule has 2 saturated carbocycles. The predicted molar refractivity (Wildman–Crippen MR) is 411 cm³/mol. The molecule has 4 aliphatic heterocycles. The van der Waals surface area contributed by atoms with Crippen LogP contribution < -0.4 is 16.0 Å². The summed E-state index contributed by atoms with van der Waals surface area (Å²) in [4.78, 5) is 105. The topological polar surface area (TPSA) is 196 Å². The summed E-state index contributed by atoms with van der Waals surface area (Å²) in [6.45, 7) is 19.8. The number of carbonyl (C=O) groups is 9.